The van der Waals surface area contributed by atoms with Gasteiger partial charge >= 0.3 is 5.97 Å². The molecule has 1 aromatic heterocycles. The Morgan fingerprint density at radius 3 is 2.77 bits per heavy atom. The van der Waals surface area contributed by atoms with Gasteiger partial charge in [-0.2, -0.15) is 0 Å². The van der Waals surface area contributed by atoms with Crippen molar-refractivity contribution in [2.75, 3.05) is 5.73 Å². The number of aliphatic carboxylic acids is 1. The zero-order valence-electron chi connectivity index (χ0n) is 6.73. The number of nitrogen functional groups attached to an aromatic ring is 1. The molecule has 0 fully saturated rings. The maximum Gasteiger partial charge on any atom is 0.311 e. The number of pyridine rings is 1. The van der Waals surface area contributed by atoms with Crippen molar-refractivity contribution in [3.8, 4) is 0 Å². The number of nitrogens with two attached hydrogens (primary N) is 1. The lowest BCUT2D eigenvalue weighted by Crippen LogP contribution is -2.10. The molecule has 68 valence electrons. The number of carboxylic acids is 1. The van der Waals surface area contributed by atoms with Gasteiger partial charge in [0.15, 0.2) is 5.78 Å². The highest BCUT2D eigenvalue weighted by Crippen LogP contribution is 2.09. The third kappa shape index (κ3) is 2.26. The average molecular weight is 180 g/mol. The Morgan fingerprint density at radius 1 is 1.54 bits per heavy atom. The summed E-state index contributed by atoms with van der Waals surface area (Å²) >= 11 is 0. The van der Waals surface area contributed by atoms with Crippen LogP contribution in [0.25, 0.3) is 0 Å². The van der Waals surface area contributed by atoms with Crippen molar-refractivity contribution >= 4 is 17.6 Å². The van der Waals surface area contributed by atoms with E-state index in [0.29, 0.717) is 0 Å². The lowest BCUT2D eigenvalue weighted by molar-refractivity contribution is -0.135. The highest BCUT2D eigenvalue weighted by Gasteiger charge is 2.13. The molecule has 0 spiro atoms. The molecule has 1 aromatic rings. The molecule has 0 aliphatic rings. The lowest BCUT2D eigenvalue weighted by atomic mass is 10.1. The number of hydrogen-bond acceptors (Lipinski definition) is 4. The maximum absolute atomic E-state index is 11.2. The smallest absolute Gasteiger partial charge is 0.311 e. The fraction of sp³-hybridized carbons (Fsp3) is 0.125. The molecule has 3 N–H and O–H groups in total. The fourth-order valence-electron chi connectivity index (χ4n) is 0.886. The first kappa shape index (κ1) is 9.18. The van der Waals surface area contributed by atoms with Crippen LogP contribution in [0.2, 0.25) is 0 Å². The van der Waals surface area contributed by atoms with Crippen molar-refractivity contribution in [2.24, 2.45) is 0 Å². The fourth-order valence-corrected chi connectivity index (χ4v) is 0.886. The van der Waals surface area contributed by atoms with Crippen LogP contribution < -0.4 is 5.73 Å². The van der Waals surface area contributed by atoms with Gasteiger partial charge < -0.3 is 10.8 Å². The third-order valence-corrected chi connectivity index (χ3v) is 1.45. The monoisotopic (exact) mass is 180 g/mol. The van der Waals surface area contributed by atoms with Crippen LogP contribution in [-0.2, 0) is 4.79 Å². The summed E-state index contributed by atoms with van der Waals surface area (Å²) in [5.74, 6) is -1.64. The number of Topliss-reactive ketones (excluding diaryl/α,β-unsaturated/α-hetero) is 1. The molecule has 0 atom stereocenters. The molecular formula is C8H8N2O3. The minimum Gasteiger partial charge on any atom is -0.481 e. The minimum absolute atomic E-state index is 0.0637. The molecule has 0 aliphatic carbocycles. The van der Waals surface area contributed by atoms with E-state index in [1.54, 1.807) is 0 Å². The molecule has 1 heterocycles. The van der Waals surface area contributed by atoms with Crippen LogP contribution in [0.1, 0.15) is 16.8 Å². The van der Waals surface area contributed by atoms with Crippen molar-refractivity contribution in [2.45, 2.75) is 6.42 Å². The van der Waals surface area contributed by atoms with Crippen LogP contribution in [0, 0.1) is 0 Å². The van der Waals surface area contributed by atoms with Crippen LogP contribution in [0.5, 0.6) is 0 Å². The number of carbonyl (C=O) groups excluding carboxylic acids is 1. The molecule has 0 saturated heterocycles. The minimum atomic E-state index is -1.17. The Hall–Kier alpha value is -1.91. The average Bonchev–Trinajstić information content (AvgIpc) is 2.03. The molecule has 0 radical (unpaired) electrons. The summed E-state index contributed by atoms with van der Waals surface area (Å²) in [5, 5.41) is 8.35. The van der Waals surface area contributed by atoms with E-state index in [-0.39, 0.29) is 11.4 Å². The molecule has 0 aliphatic heterocycles. The summed E-state index contributed by atoms with van der Waals surface area (Å²) in [6, 6.07) is 2.99. The van der Waals surface area contributed by atoms with Gasteiger partial charge in [-0.3, -0.25) is 9.59 Å². The van der Waals surface area contributed by atoms with E-state index < -0.39 is 18.2 Å². The van der Waals surface area contributed by atoms with E-state index in [1.165, 1.54) is 18.3 Å². The van der Waals surface area contributed by atoms with Gasteiger partial charge in [0.2, 0.25) is 0 Å². The predicted octanol–water partition coefficient (Wildman–Crippen LogP) is 0.321. The maximum atomic E-state index is 11.2. The topological polar surface area (TPSA) is 93.3 Å². The van der Waals surface area contributed by atoms with Crippen molar-refractivity contribution in [3.63, 3.8) is 0 Å². The van der Waals surface area contributed by atoms with E-state index in [4.69, 9.17) is 10.8 Å². The number of nitrogens with zero attached hydrogens (tertiary/aromatic N) is 1. The quantitative estimate of drug-likeness (QED) is 0.516. The standard InChI is InChI=1S/C8H8N2O3/c9-8-5(2-1-3-10-8)6(11)4-7(12)13/h1-3H,4H2,(H2,9,10)(H,12,13). The number of carbonyl (C=O) groups is 2. The second kappa shape index (κ2) is 3.66. The van der Waals surface area contributed by atoms with E-state index in [9.17, 15) is 9.59 Å². The van der Waals surface area contributed by atoms with Gasteiger partial charge in [0.25, 0.3) is 0 Å². The Labute approximate surface area is 74.2 Å². The highest BCUT2D eigenvalue weighted by atomic mass is 16.4. The number of hydrogen-bond donors (Lipinski definition) is 2. The van der Waals surface area contributed by atoms with Crippen molar-refractivity contribution < 1.29 is 14.7 Å². The van der Waals surface area contributed by atoms with Gasteiger partial charge in [-0.1, -0.05) is 0 Å². The van der Waals surface area contributed by atoms with Crippen molar-refractivity contribution in [1.82, 2.24) is 4.98 Å². The molecule has 0 unspecified atom stereocenters. The molecule has 0 amide bonds. The van der Waals surface area contributed by atoms with Crippen LogP contribution in [0.3, 0.4) is 0 Å². The normalized spacial score (nSPS) is 9.54. The highest BCUT2D eigenvalue weighted by molar-refractivity contribution is 6.07. The van der Waals surface area contributed by atoms with Crippen LogP contribution in [0.4, 0.5) is 5.82 Å². The molecule has 5 nitrogen and oxygen atoms in total. The number of anilines is 1. The molecule has 0 bridgehead atoms. The predicted molar refractivity (Wildman–Crippen MR) is 45.2 cm³/mol. The lowest BCUT2D eigenvalue weighted by Gasteiger charge is -1.99. The van der Waals surface area contributed by atoms with Crippen molar-refractivity contribution in [1.29, 1.82) is 0 Å². The third-order valence-electron chi connectivity index (χ3n) is 1.45. The van der Waals surface area contributed by atoms with Gasteiger partial charge in [-0.05, 0) is 12.1 Å². The Morgan fingerprint density at radius 2 is 2.23 bits per heavy atom. The second-order valence-electron chi connectivity index (χ2n) is 2.43. The van der Waals surface area contributed by atoms with Crippen LogP contribution >= 0.6 is 0 Å². The number of carboxylic acid groups (broad SMARTS) is 1. The van der Waals surface area contributed by atoms with Gasteiger partial charge in [0, 0.05) is 6.20 Å². The summed E-state index contributed by atoms with van der Waals surface area (Å²) in [4.78, 5) is 25.1. The summed E-state index contributed by atoms with van der Waals surface area (Å²) in [6.07, 6.45) is 0.878. The summed E-state index contributed by atoms with van der Waals surface area (Å²) < 4.78 is 0. The largest absolute Gasteiger partial charge is 0.481 e. The second-order valence-corrected chi connectivity index (χ2v) is 2.43. The zero-order chi connectivity index (χ0) is 9.84. The molecule has 1 rings (SSSR count). The van der Waals surface area contributed by atoms with Gasteiger partial charge in [-0.25, -0.2) is 4.98 Å². The zero-order valence-corrected chi connectivity index (χ0v) is 6.73. The van der Waals surface area contributed by atoms with Gasteiger partial charge in [0.1, 0.15) is 12.2 Å². The Balaban J connectivity index is 2.89. The molecule has 13 heavy (non-hydrogen) atoms. The van der Waals surface area contributed by atoms with Gasteiger partial charge in [-0.15, -0.1) is 0 Å². The molecule has 5 heteroatoms. The number of rotatable bonds is 3. The van der Waals surface area contributed by atoms with Gasteiger partial charge in [0.05, 0.1) is 5.56 Å². The van der Waals surface area contributed by atoms with E-state index in [1.807, 2.05) is 0 Å². The molecule has 0 aromatic carbocycles. The van der Waals surface area contributed by atoms with E-state index >= 15 is 0 Å². The van der Waals surface area contributed by atoms with Crippen LogP contribution in [-0.4, -0.2) is 21.8 Å². The van der Waals surface area contributed by atoms with Crippen LogP contribution in [0.15, 0.2) is 18.3 Å². The molecular weight excluding hydrogens is 172 g/mol. The first-order valence-electron chi connectivity index (χ1n) is 3.56. The van der Waals surface area contributed by atoms with Crippen molar-refractivity contribution in [3.05, 3.63) is 23.9 Å². The van der Waals surface area contributed by atoms with E-state index in [2.05, 4.69) is 4.98 Å². The SMILES string of the molecule is Nc1ncccc1C(=O)CC(=O)O. The Kier molecular flexibility index (Phi) is 2.59. The number of ketones is 1. The number of aromatic nitrogens is 1. The first-order chi connectivity index (χ1) is 6.11. The summed E-state index contributed by atoms with van der Waals surface area (Å²) in [5.41, 5.74) is 5.53. The molecule has 0 saturated carbocycles. The van der Waals surface area contributed by atoms with E-state index in [0.717, 1.165) is 0 Å². The summed E-state index contributed by atoms with van der Waals surface area (Å²) in [6.45, 7) is 0. The summed E-state index contributed by atoms with van der Waals surface area (Å²) in [7, 11) is 0. The first-order valence-corrected chi connectivity index (χ1v) is 3.56. The Bertz CT molecular complexity index is 349.